The lowest BCUT2D eigenvalue weighted by molar-refractivity contribution is -0.297. The second kappa shape index (κ2) is 4.35. The molecule has 6 nitrogen and oxygen atoms in total. The van der Waals surface area contributed by atoms with E-state index in [4.69, 9.17) is 0 Å². The van der Waals surface area contributed by atoms with E-state index in [-0.39, 0.29) is 0 Å². The first-order chi connectivity index (χ1) is 7.75. The average molecular weight is 215 g/mol. The molecule has 1 aromatic heterocycles. The number of aromatic nitrogens is 4. The molecule has 0 aliphatic rings. The molecule has 0 spiro atoms. The second-order valence-corrected chi connectivity index (χ2v) is 3.00. The summed E-state index contributed by atoms with van der Waals surface area (Å²) in [4.78, 5) is 10.3. The van der Waals surface area contributed by atoms with Crippen LogP contribution in [0, 0.1) is 0 Å². The first-order valence-electron chi connectivity index (χ1n) is 4.48. The molecule has 0 amide bonds. The zero-order chi connectivity index (χ0) is 11.4. The van der Waals surface area contributed by atoms with E-state index in [1.807, 2.05) is 6.07 Å². The lowest BCUT2D eigenvalue weighted by Gasteiger charge is -2.00. The summed E-state index contributed by atoms with van der Waals surface area (Å²) in [7, 11) is 0. The van der Waals surface area contributed by atoms with Crippen molar-refractivity contribution in [3.05, 3.63) is 42.2 Å². The fourth-order valence-electron chi connectivity index (χ4n) is 1.21. The van der Waals surface area contributed by atoms with Gasteiger partial charge in [0.05, 0.1) is 11.7 Å². The number of nitrogens with zero attached hydrogens (tertiary/aromatic N) is 4. The lowest BCUT2D eigenvalue weighted by Crippen LogP contribution is -2.18. The van der Waals surface area contributed by atoms with E-state index in [1.54, 1.807) is 18.2 Å². The van der Waals surface area contributed by atoms with Gasteiger partial charge in [0.1, 0.15) is 6.33 Å². The van der Waals surface area contributed by atoms with Gasteiger partial charge in [0.2, 0.25) is 0 Å². The Morgan fingerprint density at radius 2 is 2.31 bits per heavy atom. The van der Waals surface area contributed by atoms with Gasteiger partial charge in [0.15, 0.2) is 0 Å². The molecule has 6 heteroatoms. The molecule has 0 radical (unpaired) electrons. The summed E-state index contributed by atoms with van der Waals surface area (Å²) < 4.78 is 1.48. The molecule has 0 unspecified atom stereocenters. The van der Waals surface area contributed by atoms with E-state index in [9.17, 15) is 9.90 Å². The number of carboxylic acids is 1. The Morgan fingerprint density at radius 3 is 3.00 bits per heavy atom. The summed E-state index contributed by atoms with van der Waals surface area (Å²) in [6.07, 6.45) is 3.88. The molecular weight excluding hydrogens is 208 g/mol. The fourth-order valence-corrected chi connectivity index (χ4v) is 1.21. The van der Waals surface area contributed by atoms with Crippen LogP contribution in [0.15, 0.2) is 36.7 Å². The maximum Gasteiger partial charge on any atom is 0.143 e. The molecule has 0 N–H and O–H groups in total. The Kier molecular flexibility index (Phi) is 2.73. The standard InChI is InChI=1S/C10H8N4O2/c15-10(16)5-4-8-2-1-3-9(6-8)14-7-11-12-13-14/h1-7H,(H,15,16)/p-1. The van der Waals surface area contributed by atoms with Gasteiger partial charge >= 0.3 is 0 Å². The van der Waals surface area contributed by atoms with Crippen LogP contribution in [0.4, 0.5) is 0 Å². The van der Waals surface area contributed by atoms with Crippen molar-refractivity contribution in [2.75, 3.05) is 0 Å². The minimum Gasteiger partial charge on any atom is -0.545 e. The number of hydrogen-bond acceptors (Lipinski definition) is 5. The lowest BCUT2D eigenvalue weighted by atomic mass is 10.2. The van der Waals surface area contributed by atoms with Crippen molar-refractivity contribution in [1.82, 2.24) is 20.2 Å². The van der Waals surface area contributed by atoms with Crippen LogP contribution in [-0.2, 0) is 4.79 Å². The third-order valence-electron chi connectivity index (χ3n) is 1.90. The number of tetrazole rings is 1. The van der Waals surface area contributed by atoms with Crippen LogP contribution in [0.25, 0.3) is 11.8 Å². The SMILES string of the molecule is O=C([O-])C=Cc1cccc(-n2cnnn2)c1. The summed E-state index contributed by atoms with van der Waals surface area (Å²) in [5, 5.41) is 21.0. The van der Waals surface area contributed by atoms with Gasteiger partial charge in [-0.05, 0) is 34.2 Å². The monoisotopic (exact) mass is 215 g/mol. The highest BCUT2D eigenvalue weighted by molar-refractivity contribution is 5.83. The third kappa shape index (κ3) is 2.30. The first kappa shape index (κ1) is 10.0. The van der Waals surface area contributed by atoms with Crippen LogP contribution < -0.4 is 5.11 Å². The highest BCUT2D eigenvalue weighted by atomic mass is 16.4. The van der Waals surface area contributed by atoms with Crippen molar-refractivity contribution >= 4 is 12.0 Å². The molecule has 0 atom stereocenters. The predicted octanol–water partition coefficient (Wildman–Crippen LogP) is -0.575. The molecule has 16 heavy (non-hydrogen) atoms. The van der Waals surface area contributed by atoms with Crippen molar-refractivity contribution in [2.24, 2.45) is 0 Å². The summed E-state index contributed by atoms with van der Waals surface area (Å²) in [6, 6.07) is 7.13. The Morgan fingerprint density at radius 1 is 1.44 bits per heavy atom. The Hall–Kier alpha value is -2.50. The van der Waals surface area contributed by atoms with E-state index in [2.05, 4.69) is 15.5 Å². The van der Waals surface area contributed by atoms with Gasteiger partial charge in [0.25, 0.3) is 0 Å². The number of rotatable bonds is 3. The molecule has 0 aliphatic carbocycles. The largest absolute Gasteiger partial charge is 0.545 e. The number of carbonyl (C=O) groups excluding carboxylic acids is 1. The van der Waals surface area contributed by atoms with Crippen LogP contribution in [0.1, 0.15) is 5.56 Å². The molecule has 0 aliphatic heterocycles. The zero-order valence-corrected chi connectivity index (χ0v) is 8.15. The van der Waals surface area contributed by atoms with Crippen LogP contribution in [0.3, 0.4) is 0 Å². The molecule has 1 aromatic carbocycles. The minimum atomic E-state index is -1.23. The van der Waals surface area contributed by atoms with E-state index >= 15 is 0 Å². The molecule has 1 heterocycles. The maximum atomic E-state index is 10.3. The van der Waals surface area contributed by atoms with Crippen molar-refractivity contribution in [3.63, 3.8) is 0 Å². The van der Waals surface area contributed by atoms with Crippen LogP contribution >= 0.6 is 0 Å². The molecular formula is C10H7N4O2-. The van der Waals surface area contributed by atoms with E-state index in [1.165, 1.54) is 17.1 Å². The molecule has 0 bridgehead atoms. The Balaban J connectivity index is 2.30. The highest BCUT2D eigenvalue weighted by Crippen LogP contribution is 2.09. The molecule has 2 aromatic rings. The first-order valence-corrected chi connectivity index (χ1v) is 4.48. The van der Waals surface area contributed by atoms with Crippen molar-refractivity contribution in [3.8, 4) is 5.69 Å². The zero-order valence-electron chi connectivity index (χ0n) is 8.15. The van der Waals surface area contributed by atoms with Crippen LogP contribution in [0.2, 0.25) is 0 Å². The average Bonchev–Trinajstić information content (AvgIpc) is 2.80. The predicted molar refractivity (Wildman–Crippen MR) is 53.2 cm³/mol. The van der Waals surface area contributed by atoms with Gasteiger partial charge in [-0.3, -0.25) is 0 Å². The number of benzene rings is 1. The van der Waals surface area contributed by atoms with E-state index in [0.29, 0.717) is 0 Å². The number of carboxylic acid groups (broad SMARTS) is 1. The maximum absolute atomic E-state index is 10.3. The number of hydrogen-bond donors (Lipinski definition) is 0. The third-order valence-corrected chi connectivity index (χ3v) is 1.90. The smallest absolute Gasteiger partial charge is 0.143 e. The minimum absolute atomic E-state index is 0.734. The van der Waals surface area contributed by atoms with Crippen LogP contribution in [-0.4, -0.2) is 26.2 Å². The van der Waals surface area contributed by atoms with Gasteiger partial charge in [-0.1, -0.05) is 18.2 Å². The molecule has 0 saturated heterocycles. The quantitative estimate of drug-likeness (QED) is 0.640. The molecule has 80 valence electrons. The van der Waals surface area contributed by atoms with Crippen molar-refractivity contribution < 1.29 is 9.90 Å². The van der Waals surface area contributed by atoms with Crippen LogP contribution in [0.5, 0.6) is 0 Å². The van der Waals surface area contributed by atoms with Gasteiger partial charge in [0, 0.05) is 0 Å². The fraction of sp³-hybridized carbons (Fsp3) is 0. The van der Waals surface area contributed by atoms with Crippen molar-refractivity contribution in [1.29, 1.82) is 0 Å². The Labute approximate surface area is 90.8 Å². The van der Waals surface area contributed by atoms with Gasteiger partial charge in [-0.15, -0.1) is 5.10 Å². The normalized spacial score (nSPS) is 10.8. The number of aliphatic carboxylic acids is 1. The van der Waals surface area contributed by atoms with Gasteiger partial charge in [-0.2, -0.15) is 0 Å². The van der Waals surface area contributed by atoms with E-state index < -0.39 is 5.97 Å². The highest BCUT2D eigenvalue weighted by Gasteiger charge is 1.97. The van der Waals surface area contributed by atoms with E-state index in [0.717, 1.165) is 17.3 Å². The topological polar surface area (TPSA) is 83.7 Å². The summed E-state index contributed by atoms with van der Waals surface area (Å²) in [5.74, 6) is -1.23. The van der Waals surface area contributed by atoms with Gasteiger partial charge in [-0.25, -0.2) is 4.68 Å². The second-order valence-electron chi connectivity index (χ2n) is 3.00. The molecule has 0 saturated carbocycles. The van der Waals surface area contributed by atoms with Gasteiger partial charge < -0.3 is 9.90 Å². The summed E-state index contributed by atoms with van der Waals surface area (Å²) >= 11 is 0. The Bertz CT molecular complexity index is 519. The van der Waals surface area contributed by atoms with Crippen molar-refractivity contribution in [2.45, 2.75) is 0 Å². The summed E-state index contributed by atoms with van der Waals surface area (Å²) in [5.41, 5.74) is 1.49. The molecule has 2 rings (SSSR count). The number of carbonyl (C=O) groups is 1. The summed E-state index contributed by atoms with van der Waals surface area (Å²) in [6.45, 7) is 0. The molecule has 0 fully saturated rings.